The molecule has 0 saturated carbocycles. The number of sulfonamides is 1. The molecule has 0 atom stereocenters. The minimum absolute atomic E-state index is 0.0310. The van der Waals surface area contributed by atoms with Gasteiger partial charge in [0.15, 0.2) is 0 Å². The summed E-state index contributed by atoms with van der Waals surface area (Å²) < 4.78 is 41.0. The van der Waals surface area contributed by atoms with Crippen LogP contribution in [-0.4, -0.2) is 35.8 Å². The SMILES string of the molecule is O=c1[nH]c(=O)c2cc(S(=O)(=O)N3CC=C(c4ccccc4F)C3)ccc2[nH]1. The van der Waals surface area contributed by atoms with Crippen molar-refractivity contribution in [3.05, 3.63) is 80.8 Å². The van der Waals surface area contributed by atoms with Gasteiger partial charge in [-0.25, -0.2) is 17.6 Å². The number of aromatic nitrogens is 2. The molecule has 7 nitrogen and oxygen atoms in total. The Morgan fingerprint density at radius 1 is 1.04 bits per heavy atom. The van der Waals surface area contributed by atoms with Crippen molar-refractivity contribution >= 4 is 26.5 Å². The number of hydrogen-bond donors (Lipinski definition) is 2. The highest BCUT2D eigenvalue weighted by Crippen LogP contribution is 2.28. The van der Waals surface area contributed by atoms with Crippen LogP contribution in [0.15, 0.2) is 63.0 Å². The second-order valence-corrected chi connectivity index (χ2v) is 8.06. The lowest BCUT2D eigenvalue weighted by atomic mass is 10.1. The first kappa shape index (κ1) is 17.4. The van der Waals surface area contributed by atoms with E-state index in [1.54, 1.807) is 24.3 Å². The first-order valence-electron chi connectivity index (χ1n) is 8.07. The third kappa shape index (κ3) is 3.00. The minimum atomic E-state index is -3.90. The molecule has 0 fully saturated rings. The molecule has 0 amide bonds. The van der Waals surface area contributed by atoms with Gasteiger partial charge in [-0.3, -0.25) is 9.78 Å². The van der Waals surface area contributed by atoms with E-state index in [4.69, 9.17) is 0 Å². The van der Waals surface area contributed by atoms with E-state index in [1.165, 1.54) is 28.6 Å². The summed E-state index contributed by atoms with van der Waals surface area (Å²) >= 11 is 0. The maximum Gasteiger partial charge on any atom is 0.326 e. The molecule has 27 heavy (non-hydrogen) atoms. The van der Waals surface area contributed by atoms with Crippen molar-refractivity contribution in [3.63, 3.8) is 0 Å². The lowest BCUT2D eigenvalue weighted by molar-refractivity contribution is 0.489. The van der Waals surface area contributed by atoms with Gasteiger partial charge >= 0.3 is 5.69 Å². The molecule has 138 valence electrons. The molecule has 2 heterocycles. The van der Waals surface area contributed by atoms with Gasteiger partial charge in [0.2, 0.25) is 10.0 Å². The van der Waals surface area contributed by atoms with Crippen LogP contribution in [0.3, 0.4) is 0 Å². The number of benzene rings is 2. The lowest BCUT2D eigenvalue weighted by Gasteiger charge is -2.17. The molecule has 0 bridgehead atoms. The number of hydrogen-bond acceptors (Lipinski definition) is 4. The summed E-state index contributed by atoms with van der Waals surface area (Å²) in [5, 5.41) is 0.0668. The smallest absolute Gasteiger partial charge is 0.307 e. The number of nitrogens with zero attached hydrogens (tertiary/aromatic N) is 1. The minimum Gasteiger partial charge on any atom is -0.307 e. The summed E-state index contributed by atoms with van der Waals surface area (Å²) in [7, 11) is -3.90. The zero-order chi connectivity index (χ0) is 19.2. The molecule has 0 radical (unpaired) electrons. The van der Waals surface area contributed by atoms with Crippen molar-refractivity contribution in [2.24, 2.45) is 0 Å². The van der Waals surface area contributed by atoms with Gasteiger partial charge in [0.25, 0.3) is 5.56 Å². The second-order valence-electron chi connectivity index (χ2n) is 6.12. The first-order valence-corrected chi connectivity index (χ1v) is 9.51. The van der Waals surface area contributed by atoms with Crippen molar-refractivity contribution in [1.82, 2.24) is 14.3 Å². The molecule has 1 aliphatic rings. The molecule has 0 spiro atoms. The van der Waals surface area contributed by atoms with Gasteiger partial charge in [-0.1, -0.05) is 24.3 Å². The molecule has 0 saturated heterocycles. The van der Waals surface area contributed by atoms with Crippen LogP contribution in [-0.2, 0) is 10.0 Å². The second kappa shape index (κ2) is 6.29. The molecule has 3 aromatic rings. The lowest BCUT2D eigenvalue weighted by Crippen LogP contribution is -2.29. The Bertz CT molecular complexity index is 1310. The fourth-order valence-electron chi connectivity index (χ4n) is 3.08. The van der Waals surface area contributed by atoms with E-state index in [-0.39, 0.29) is 28.9 Å². The third-order valence-electron chi connectivity index (χ3n) is 4.46. The van der Waals surface area contributed by atoms with E-state index in [1.807, 2.05) is 0 Å². The molecule has 0 aliphatic carbocycles. The van der Waals surface area contributed by atoms with Gasteiger partial charge in [-0.15, -0.1) is 0 Å². The zero-order valence-electron chi connectivity index (χ0n) is 13.9. The quantitative estimate of drug-likeness (QED) is 0.710. The largest absolute Gasteiger partial charge is 0.326 e. The van der Waals surface area contributed by atoms with Crippen molar-refractivity contribution < 1.29 is 12.8 Å². The normalized spacial score (nSPS) is 15.2. The first-order chi connectivity index (χ1) is 12.9. The predicted molar refractivity (Wildman–Crippen MR) is 98.3 cm³/mol. The Balaban J connectivity index is 1.69. The van der Waals surface area contributed by atoms with Gasteiger partial charge in [0.1, 0.15) is 5.82 Å². The third-order valence-corrected chi connectivity index (χ3v) is 6.26. The standard InChI is InChI=1S/C18H14FN3O4S/c19-15-4-2-1-3-13(15)11-7-8-22(10-11)27(25,26)12-5-6-16-14(9-12)17(23)21-18(24)20-16/h1-7,9H,8,10H2,(H2,20,21,23,24). The maximum atomic E-state index is 14.0. The molecule has 9 heteroatoms. The van der Waals surface area contributed by atoms with Crippen molar-refractivity contribution in [2.45, 2.75) is 4.90 Å². The summed E-state index contributed by atoms with van der Waals surface area (Å²) in [5.74, 6) is -0.413. The van der Waals surface area contributed by atoms with Crippen molar-refractivity contribution in [3.8, 4) is 0 Å². The number of aromatic amines is 2. The van der Waals surface area contributed by atoms with E-state index >= 15 is 0 Å². The average molecular weight is 387 g/mol. The fourth-order valence-corrected chi connectivity index (χ4v) is 4.47. The van der Waals surface area contributed by atoms with Crippen LogP contribution in [0.1, 0.15) is 5.56 Å². The van der Waals surface area contributed by atoms with Crippen LogP contribution < -0.4 is 11.2 Å². The summed E-state index contributed by atoms with van der Waals surface area (Å²) in [6.07, 6.45) is 1.67. The number of rotatable bonds is 3. The fraction of sp³-hybridized carbons (Fsp3) is 0.111. The predicted octanol–water partition coefficient (Wildman–Crippen LogP) is 1.44. The number of halogens is 1. The number of H-pyrrole nitrogens is 2. The summed E-state index contributed by atoms with van der Waals surface area (Å²) in [4.78, 5) is 27.7. The van der Waals surface area contributed by atoms with Crippen LogP contribution >= 0.6 is 0 Å². The monoisotopic (exact) mass is 387 g/mol. The highest BCUT2D eigenvalue weighted by atomic mass is 32.2. The topological polar surface area (TPSA) is 103 Å². The molecule has 1 aromatic heterocycles. The number of fused-ring (bicyclic) bond motifs is 1. The van der Waals surface area contributed by atoms with Gasteiger partial charge in [0, 0.05) is 18.7 Å². The molecule has 0 unspecified atom stereocenters. The number of nitrogens with one attached hydrogen (secondary N) is 2. The van der Waals surface area contributed by atoms with E-state index in [0.29, 0.717) is 11.1 Å². The molecule has 2 N–H and O–H groups in total. The Hall–Kier alpha value is -3.04. The Kier molecular flexibility index (Phi) is 4.05. The van der Waals surface area contributed by atoms with E-state index in [0.717, 1.165) is 0 Å². The van der Waals surface area contributed by atoms with Crippen molar-refractivity contribution in [2.75, 3.05) is 13.1 Å². The van der Waals surface area contributed by atoms with Gasteiger partial charge in [-0.05, 0) is 29.8 Å². The highest BCUT2D eigenvalue weighted by Gasteiger charge is 2.29. The molecule has 2 aromatic carbocycles. The summed E-state index contributed by atoms with van der Waals surface area (Å²) in [6.45, 7) is 0.134. The van der Waals surface area contributed by atoms with Crippen LogP contribution in [0.4, 0.5) is 4.39 Å². The Morgan fingerprint density at radius 2 is 1.81 bits per heavy atom. The average Bonchev–Trinajstić information content (AvgIpc) is 3.12. The molecular formula is C18H14FN3O4S. The summed E-state index contributed by atoms with van der Waals surface area (Å²) in [5.41, 5.74) is -0.143. The van der Waals surface area contributed by atoms with Gasteiger partial charge in [-0.2, -0.15) is 4.31 Å². The van der Waals surface area contributed by atoms with Crippen LogP contribution in [0.2, 0.25) is 0 Å². The zero-order valence-corrected chi connectivity index (χ0v) is 14.7. The van der Waals surface area contributed by atoms with E-state index in [2.05, 4.69) is 9.97 Å². The molecule has 4 rings (SSSR count). The van der Waals surface area contributed by atoms with Crippen LogP contribution in [0.25, 0.3) is 16.5 Å². The van der Waals surface area contributed by atoms with Crippen LogP contribution in [0.5, 0.6) is 0 Å². The maximum absolute atomic E-state index is 14.0. The van der Waals surface area contributed by atoms with E-state index < -0.39 is 27.1 Å². The molecular weight excluding hydrogens is 373 g/mol. The van der Waals surface area contributed by atoms with Crippen molar-refractivity contribution in [1.29, 1.82) is 0 Å². The van der Waals surface area contributed by atoms with Gasteiger partial charge < -0.3 is 4.98 Å². The summed E-state index contributed by atoms with van der Waals surface area (Å²) in [6, 6.07) is 10.1. The van der Waals surface area contributed by atoms with Gasteiger partial charge in [0.05, 0.1) is 15.8 Å². The Morgan fingerprint density at radius 3 is 2.59 bits per heavy atom. The van der Waals surface area contributed by atoms with E-state index in [9.17, 15) is 22.4 Å². The molecule has 1 aliphatic heterocycles. The Labute approximate surface area is 152 Å². The van der Waals surface area contributed by atoms with Crippen LogP contribution in [0, 0.1) is 5.82 Å². The highest BCUT2D eigenvalue weighted by molar-refractivity contribution is 7.89.